The molecule has 16 heavy (non-hydrogen) atoms. The lowest BCUT2D eigenvalue weighted by Gasteiger charge is -2.27. The molecule has 2 N–H and O–H groups in total. The Labute approximate surface area is 91.1 Å². The van der Waals surface area contributed by atoms with Gasteiger partial charge in [-0.1, -0.05) is 0 Å². The van der Waals surface area contributed by atoms with Crippen molar-refractivity contribution in [2.45, 2.75) is 0 Å². The topological polar surface area (TPSA) is 95.4 Å². The molecular weight excluding hydrogens is 212 g/mol. The Hall–Kier alpha value is -2.18. The van der Waals surface area contributed by atoms with Gasteiger partial charge in [-0.25, -0.2) is 9.78 Å². The summed E-state index contributed by atoms with van der Waals surface area (Å²) >= 11 is 0. The van der Waals surface area contributed by atoms with Crippen LogP contribution in [0.5, 0.6) is 0 Å². The summed E-state index contributed by atoms with van der Waals surface area (Å²) < 4.78 is 0. The molecule has 2 heterocycles. The monoisotopic (exact) mass is 222 g/mol. The normalized spacial score (nSPS) is 15.8. The highest BCUT2D eigenvalue weighted by Gasteiger charge is 2.18. The van der Waals surface area contributed by atoms with E-state index in [0.717, 1.165) is 0 Å². The van der Waals surface area contributed by atoms with E-state index in [0.29, 0.717) is 18.9 Å². The minimum atomic E-state index is -1.13. The summed E-state index contributed by atoms with van der Waals surface area (Å²) in [5, 5.41) is 11.4. The fourth-order valence-electron chi connectivity index (χ4n) is 1.45. The van der Waals surface area contributed by atoms with E-state index in [1.807, 2.05) is 0 Å². The van der Waals surface area contributed by atoms with Gasteiger partial charge in [0.15, 0.2) is 5.69 Å². The van der Waals surface area contributed by atoms with Crippen LogP contribution in [0.2, 0.25) is 0 Å². The maximum absolute atomic E-state index is 11.1. The van der Waals surface area contributed by atoms with E-state index in [1.165, 1.54) is 12.4 Å². The van der Waals surface area contributed by atoms with Gasteiger partial charge in [0.05, 0.1) is 18.9 Å². The van der Waals surface area contributed by atoms with Crippen LogP contribution in [0.1, 0.15) is 10.5 Å². The number of rotatable bonds is 2. The number of hydrogen-bond donors (Lipinski definition) is 2. The summed E-state index contributed by atoms with van der Waals surface area (Å²) in [5.74, 6) is -0.820. The summed E-state index contributed by atoms with van der Waals surface area (Å²) in [7, 11) is 0. The smallest absolute Gasteiger partial charge is 0.356 e. The van der Waals surface area contributed by atoms with E-state index >= 15 is 0 Å². The van der Waals surface area contributed by atoms with Crippen LogP contribution in [0, 0.1) is 0 Å². The summed E-state index contributed by atoms with van der Waals surface area (Å²) in [5.41, 5.74) is -0.122. The largest absolute Gasteiger partial charge is 0.476 e. The first-order chi connectivity index (χ1) is 7.66. The van der Waals surface area contributed by atoms with Crippen molar-refractivity contribution < 1.29 is 14.7 Å². The van der Waals surface area contributed by atoms with Gasteiger partial charge in [-0.3, -0.25) is 9.78 Å². The van der Waals surface area contributed by atoms with E-state index in [9.17, 15) is 9.59 Å². The van der Waals surface area contributed by atoms with E-state index < -0.39 is 5.97 Å². The first kappa shape index (κ1) is 10.3. The molecule has 84 valence electrons. The number of carboxylic acids is 1. The average Bonchev–Trinajstić information content (AvgIpc) is 2.29. The summed E-state index contributed by atoms with van der Waals surface area (Å²) in [4.78, 5) is 31.2. The number of anilines is 1. The minimum Gasteiger partial charge on any atom is -0.476 e. The van der Waals surface area contributed by atoms with Crippen LogP contribution < -0.4 is 10.2 Å². The number of nitrogens with zero attached hydrogens (tertiary/aromatic N) is 3. The average molecular weight is 222 g/mol. The predicted octanol–water partition coefficient (Wildman–Crippen LogP) is -0.889. The molecule has 0 radical (unpaired) electrons. The lowest BCUT2D eigenvalue weighted by Crippen LogP contribution is -2.48. The molecular formula is C9H10N4O3. The Morgan fingerprint density at radius 3 is 3.00 bits per heavy atom. The Kier molecular flexibility index (Phi) is 2.67. The van der Waals surface area contributed by atoms with E-state index in [1.54, 1.807) is 4.90 Å². The van der Waals surface area contributed by atoms with Crippen molar-refractivity contribution >= 4 is 17.7 Å². The summed E-state index contributed by atoms with van der Waals surface area (Å²) in [6.45, 7) is 1.30. The van der Waals surface area contributed by atoms with Gasteiger partial charge in [0.25, 0.3) is 0 Å². The highest BCUT2D eigenvalue weighted by atomic mass is 16.4. The molecule has 1 aliphatic heterocycles. The van der Waals surface area contributed by atoms with Gasteiger partial charge >= 0.3 is 5.97 Å². The predicted molar refractivity (Wildman–Crippen MR) is 54.2 cm³/mol. The van der Waals surface area contributed by atoms with Crippen LogP contribution in [-0.2, 0) is 4.79 Å². The second-order valence-corrected chi connectivity index (χ2v) is 3.34. The molecule has 7 nitrogen and oxygen atoms in total. The van der Waals surface area contributed by atoms with Gasteiger partial charge in [-0.15, -0.1) is 0 Å². The van der Waals surface area contributed by atoms with Crippen molar-refractivity contribution in [1.82, 2.24) is 15.3 Å². The van der Waals surface area contributed by atoms with Gasteiger partial charge in [0.2, 0.25) is 5.91 Å². The van der Waals surface area contributed by atoms with Crippen molar-refractivity contribution in [3.8, 4) is 0 Å². The molecule has 1 aromatic heterocycles. The first-order valence-electron chi connectivity index (χ1n) is 4.74. The lowest BCUT2D eigenvalue weighted by atomic mass is 10.3. The Balaban J connectivity index is 2.22. The van der Waals surface area contributed by atoms with E-state index in [2.05, 4.69) is 15.3 Å². The molecule has 0 spiro atoms. The molecule has 0 unspecified atom stereocenters. The quantitative estimate of drug-likeness (QED) is 0.674. The van der Waals surface area contributed by atoms with Gasteiger partial charge in [0.1, 0.15) is 5.82 Å². The van der Waals surface area contributed by atoms with Crippen LogP contribution in [-0.4, -0.2) is 46.6 Å². The SMILES string of the molecule is O=C1CN(c2cncc(C(=O)O)n2)CCN1. The van der Waals surface area contributed by atoms with Crippen LogP contribution >= 0.6 is 0 Å². The first-order valence-corrected chi connectivity index (χ1v) is 4.74. The fraction of sp³-hybridized carbons (Fsp3) is 0.333. The van der Waals surface area contributed by atoms with Gasteiger partial charge in [-0.05, 0) is 0 Å². The number of nitrogens with one attached hydrogen (secondary N) is 1. The number of piperazine rings is 1. The molecule has 7 heteroatoms. The molecule has 1 amide bonds. The van der Waals surface area contributed by atoms with Gasteiger partial charge < -0.3 is 15.3 Å². The number of aromatic nitrogens is 2. The molecule has 2 rings (SSSR count). The fourth-order valence-corrected chi connectivity index (χ4v) is 1.45. The molecule has 1 aliphatic rings. The second-order valence-electron chi connectivity index (χ2n) is 3.34. The second kappa shape index (κ2) is 4.13. The van der Waals surface area contributed by atoms with Crippen molar-refractivity contribution in [2.75, 3.05) is 24.5 Å². The number of carbonyl (C=O) groups is 2. The summed E-state index contributed by atoms with van der Waals surface area (Å²) in [6.07, 6.45) is 2.63. The molecule has 0 saturated carbocycles. The highest BCUT2D eigenvalue weighted by molar-refractivity contribution is 5.86. The van der Waals surface area contributed by atoms with E-state index in [-0.39, 0.29) is 18.1 Å². The van der Waals surface area contributed by atoms with Gasteiger partial charge in [0, 0.05) is 13.1 Å². The highest BCUT2D eigenvalue weighted by Crippen LogP contribution is 2.10. The number of amides is 1. The molecule has 1 saturated heterocycles. The molecule has 0 aromatic carbocycles. The van der Waals surface area contributed by atoms with E-state index in [4.69, 9.17) is 5.11 Å². The zero-order valence-electron chi connectivity index (χ0n) is 8.38. The maximum atomic E-state index is 11.1. The van der Waals surface area contributed by atoms with Gasteiger partial charge in [-0.2, -0.15) is 0 Å². The minimum absolute atomic E-state index is 0.103. The van der Waals surface area contributed by atoms with Crippen molar-refractivity contribution in [3.05, 3.63) is 18.1 Å². The summed E-state index contributed by atoms with van der Waals surface area (Å²) in [6, 6.07) is 0. The van der Waals surface area contributed by atoms with Crippen LogP contribution in [0.25, 0.3) is 0 Å². The van der Waals surface area contributed by atoms with Crippen LogP contribution in [0.15, 0.2) is 12.4 Å². The molecule has 1 aromatic rings. The molecule has 0 bridgehead atoms. The zero-order valence-corrected chi connectivity index (χ0v) is 8.38. The standard InChI is InChI=1S/C9H10N4O3/c14-8-5-13(2-1-11-8)7-4-10-3-6(12-7)9(15)16/h3-4H,1-2,5H2,(H,11,14)(H,15,16). The number of hydrogen-bond acceptors (Lipinski definition) is 5. The third-order valence-electron chi connectivity index (χ3n) is 2.20. The van der Waals surface area contributed by atoms with Crippen molar-refractivity contribution in [1.29, 1.82) is 0 Å². The molecule has 1 fully saturated rings. The molecule has 0 atom stereocenters. The van der Waals surface area contributed by atoms with Crippen molar-refractivity contribution in [2.24, 2.45) is 0 Å². The maximum Gasteiger partial charge on any atom is 0.356 e. The molecule has 0 aliphatic carbocycles. The number of carbonyl (C=O) groups excluding carboxylic acids is 1. The van der Waals surface area contributed by atoms with Crippen molar-refractivity contribution in [3.63, 3.8) is 0 Å². The third-order valence-corrected chi connectivity index (χ3v) is 2.20. The lowest BCUT2D eigenvalue weighted by molar-refractivity contribution is -0.120. The van der Waals surface area contributed by atoms with Crippen LogP contribution in [0.4, 0.5) is 5.82 Å². The Morgan fingerprint density at radius 2 is 2.31 bits per heavy atom. The third kappa shape index (κ3) is 2.08. The zero-order chi connectivity index (χ0) is 11.5. The Bertz CT molecular complexity index is 435. The number of carboxylic acid groups (broad SMARTS) is 1. The Morgan fingerprint density at radius 1 is 1.50 bits per heavy atom. The number of aromatic carboxylic acids is 1. The van der Waals surface area contributed by atoms with Crippen LogP contribution in [0.3, 0.4) is 0 Å².